The van der Waals surface area contributed by atoms with Crippen LogP contribution in [0.4, 0.5) is 5.69 Å². The van der Waals surface area contributed by atoms with Gasteiger partial charge in [0.25, 0.3) is 5.91 Å². The number of anilines is 1. The molecule has 1 saturated heterocycles. The van der Waals surface area contributed by atoms with Crippen molar-refractivity contribution < 1.29 is 14.1 Å². The van der Waals surface area contributed by atoms with E-state index in [1.165, 1.54) is 0 Å². The second-order valence-electron chi connectivity index (χ2n) is 7.82. The number of hydrogen-bond donors (Lipinski definition) is 1. The van der Waals surface area contributed by atoms with Crippen LogP contribution in [-0.2, 0) is 11.3 Å². The van der Waals surface area contributed by atoms with Crippen molar-refractivity contribution in [2.24, 2.45) is 4.99 Å². The Labute approximate surface area is 205 Å². The zero-order valence-corrected chi connectivity index (χ0v) is 21.0. The van der Waals surface area contributed by atoms with Crippen LogP contribution < -0.4 is 15.0 Å². The Bertz CT molecular complexity index is 926. The van der Waals surface area contributed by atoms with E-state index >= 15 is 0 Å². The van der Waals surface area contributed by atoms with Crippen molar-refractivity contribution in [3.63, 3.8) is 0 Å². The third-order valence-electron chi connectivity index (χ3n) is 5.60. The van der Waals surface area contributed by atoms with E-state index in [0.29, 0.717) is 6.54 Å². The second kappa shape index (κ2) is 11.5. The van der Waals surface area contributed by atoms with Gasteiger partial charge in [0.1, 0.15) is 11.5 Å². The highest BCUT2D eigenvalue weighted by Crippen LogP contribution is 2.31. The van der Waals surface area contributed by atoms with Gasteiger partial charge in [0.05, 0.1) is 11.4 Å². The van der Waals surface area contributed by atoms with E-state index in [0.717, 1.165) is 74.5 Å². The molecule has 0 bridgehead atoms. The summed E-state index contributed by atoms with van der Waals surface area (Å²) in [5.74, 6) is 2.53. The van der Waals surface area contributed by atoms with Crippen LogP contribution >= 0.6 is 24.0 Å². The summed E-state index contributed by atoms with van der Waals surface area (Å²) in [7, 11) is 1.81. The average molecular weight is 554 g/mol. The van der Waals surface area contributed by atoms with Gasteiger partial charge in [-0.15, -0.1) is 24.0 Å². The molecule has 2 aliphatic heterocycles. The van der Waals surface area contributed by atoms with Crippen molar-refractivity contribution in [2.45, 2.75) is 19.9 Å². The van der Waals surface area contributed by atoms with Gasteiger partial charge in [-0.05, 0) is 25.5 Å². The molecular weight excluding hydrogens is 523 g/mol. The number of para-hydroxylation sites is 2. The highest BCUT2D eigenvalue weighted by atomic mass is 127. The predicted molar refractivity (Wildman–Crippen MR) is 134 cm³/mol. The van der Waals surface area contributed by atoms with Crippen LogP contribution in [0.1, 0.15) is 17.9 Å². The van der Waals surface area contributed by atoms with Crippen LogP contribution in [0.3, 0.4) is 0 Å². The number of carbonyl (C=O) groups excluding carboxylic acids is 1. The molecule has 4 rings (SSSR count). The van der Waals surface area contributed by atoms with Gasteiger partial charge in [-0.2, -0.15) is 0 Å². The van der Waals surface area contributed by atoms with Gasteiger partial charge in [0.15, 0.2) is 12.6 Å². The van der Waals surface area contributed by atoms with Crippen molar-refractivity contribution in [3.8, 4) is 5.75 Å². The van der Waals surface area contributed by atoms with Gasteiger partial charge in [0, 0.05) is 58.9 Å². The molecule has 0 unspecified atom stereocenters. The van der Waals surface area contributed by atoms with Crippen molar-refractivity contribution >= 4 is 41.5 Å². The number of fused-ring (bicyclic) bond motifs is 1. The van der Waals surface area contributed by atoms with Crippen LogP contribution in [0.25, 0.3) is 0 Å². The summed E-state index contributed by atoms with van der Waals surface area (Å²) in [6, 6.07) is 9.67. The SMILES string of the molecule is CN=C(NCCCN1C(=O)COc2ccccc21)N1CCN(Cc2cc(C)on2)CC1.I. The lowest BCUT2D eigenvalue weighted by Crippen LogP contribution is -2.52. The number of rotatable bonds is 6. The number of hydrogen-bond acceptors (Lipinski definition) is 6. The summed E-state index contributed by atoms with van der Waals surface area (Å²) in [4.78, 5) is 23.2. The lowest BCUT2D eigenvalue weighted by molar-refractivity contribution is -0.121. The Morgan fingerprint density at radius 3 is 2.72 bits per heavy atom. The number of piperazine rings is 1. The molecule has 3 heterocycles. The van der Waals surface area contributed by atoms with E-state index in [2.05, 4.69) is 25.3 Å². The summed E-state index contributed by atoms with van der Waals surface area (Å²) >= 11 is 0. The fourth-order valence-electron chi connectivity index (χ4n) is 4.01. The third-order valence-corrected chi connectivity index (χ3v) is 5.60. The molecule has 32 heavy (non-hydrogen) atoms. The molecule has 0 saturated carbocycles. The first-order chi connectivity index (χ1) is 15.1. The molecule has 0 atom stereocenters. The van der Waals surface area contributed by atoms with Crippen LogP contribution in [0.2, 0.25) is 0 Å². The average Bonchev–Trinajstić information content (AvgIpc) is 3.20. The van der Waals surface area contributed by atoms with E-state index in [-0.39, 0.29) is 36.5 Å². The van der Waals surface area contributed by atoms with Crippen molar-refractivity contribution in [1.82, 2.24) is 20.3 Å². The molecular formula is C22H31IN6O3. The van der Waals surface area contributed by atoms with E-state index in [1.807, 2.05) is 49.2 Å². The maximum Gasteiger partial charge on any atom is 0.265 e. The number of ether oxygens (including phenoxy) is 1. The maximum absolute atomic E-state index is 12.3. The first-order valence-corrected chi connectivity index (χ1v) is 10.8. The second-order valence-corrected chi connectivity index (χ2v) is 7.82. The summed E-state index contributed by atoms with van der Waals surface area (Å²) in [6.07, 6.45) is 0.824. The number of halogens is 1. The molecule has 10 heteroatoms. The number of benzene rings is 1. The van der Waals surface area contributed by atoms with Gasteiger partial charge in [-0.1, -0.05) is 17.3 Å². The van der Waals surface area contributed by atoms with Crippen molar-refractivity contribution in [1.29, 1.82) is 0 Å². The van der Waals surface area contributed by atoms with Gasteiger partial charge in [0.2, 0.25) is 0 Å². The standard InChI is InChI=1S/C22H30N6O3.HI/c1-17-14-18(25-31-17)15-26-10-12-27(13-11-26)22(23-2)24-8-5-9-28-19-6-3-4-7-20(19)30-16-21(28)29;/h3-4,6-7,14H,5,8-13,15-16H2,1-2H3,(H,23,24);1H. The minimum atomic E-state index is 0. The molecule has 174 valence electrons. The third kappa shape index (κ3) is 5.91. The molecule has 1 aromatic heterocycles. The maximum atomic E-state index is 12.3. The fourth-order valence-corrected chi connectivity index (χ4v) is 4.01. The lowest BCUT2D eigenvalue weighted by atomic mass is 10.2. The number of aryl methyl sites for hydroxylation is 1. The molecule has 0 aliphatic carbocycles. The zero-order valence-electron chi connectivity index (χ0n) is 18.6. The first-order valence-electron chi connectivity index (χ1n) is 10.8. The topological polar surface area (TPSA) is 86.4 Å². The van der Waals surface area contributed by atoms with Gasteiger partial charge >= 0.3 is 0 Å². The molecule has 1 aromatic carbocycles. The van der Waals surface area contributed by atoms with Crippen LogP contribution in [0.15, 0.2) is 39.8 Å². The lowest BCUT2D eigenvalue weighted by Gasteiger charge is -2.36. The number of guanidine groups is 1. The number of amides is 1. The Morgan fingerprint density at radius 2 is 2.00 bits per heavy atom. The molecule has 2 aromatic rings. The van der Waals surface area contributed by atoms with E-state index in [9.17, 15) is 4.79 Å². The number of aromatic nitrogens is 1. The minimum Gasteiger partial charge on any atom is -0.482 e. The van der Waals surface area contributed by atoms with Gasteiger partial charge in [-0.3, -0.25) is 14.7 Å². The van der Waals surface area contributed by atoms with E-state index < -0.39 is 0 Å². The summed E-state index contributed by atoms with van der Waals surface area (Å²) in [6.45, 7) is 7.94. The summed E-state index contributed by atoms with van der Waals surface area (Å²) in [5.41, 5.74) is 1.83. The quantitative estimate of drug-likeness (QED) is 0.254. The summed E-state index contributed by atoms with van der Waals surface area (Å²) < 4.78 is 10.7. The highest BCUT2D eigenvalue weighted by molar-refractivity contribution is 14.0. The van der Waals surface area contributed by atoms with Gasteiger partial charge in [-0.25, -0.2) is 0 Å². The molecule has 1 fully saturated rings. The molecule has 9 nitrogen and oxygen atoms in total. The molecule has 0 spiro atoms. The normalized spacial score (nSPS) is 16.9. The highest BCUT2D eigenvalue weighted by Gasteiger charge is 2.25. The fraction of sp³-hybridized carbons (Fsp3) is 0.500. The Hall–Kier alpha value is -2.34. The number of carbonyl (C=O) groups is 1. The van der Waals surface area contributed by atoms with Crippen LogP contribution in [0.5, 0.6) is 5.75 Å². The van der Waals surface area contributed by atoms with Crippen LogP contribution in [0, 0.1) is 6.92 Å². The monoisotopic (exact) mass is 554 g/mol. The number of aliphatic imine (C=N–C) groups is 1. The van der Waals surface area contributed by atoms with Crippen LogP contribution in [-0.4, -0.2) is 79.7 Å². The molecule has 1 N–H and O–H groups in total. The molecule has 2 aliphatic rings. The Balaban J connectivity index is 0.00000289. The summed E-state index contributed by atoms with van der Waals surface area (Å²) in [5, 5.41) is 7.53. The Kier molecular flexibility index (Phi) is 8.74. The predicted octanol–water partition coefficient (Wildman–Crippen LogP) is 2.11. The van der Waals surface area contributed by atoms with Gasteiger partial charge < -0.3 is 24.4 Å². The van der Waals surface area contributed by atoms with Crippen molar-refractivity contribution in [3.05, 3.63) is 41.8 Å². The molecule has 0 radical (unpaired) electrons. The largest absolute Gasteiger partial charge is 0.482 e. The smallest absolute Gasteiger partial charge is 0.265 e. The minimum absolute atomic E-state index is 0. The van der Waals surface area contributed by atoms with E-state index in [1.54, 1.807) is 0 Å². The van der Waals surface area contributed by atoms with Crippen molar-refractivity contribution in [2.75, 3.05) is 57.8 Å². The Morgan fingerprint density at radius 1 is 1.22 bits per heavy atom. The molecule has 1 amide bonds. The number of nitrogens with zero attached hydrogens (tertiary/aromatic N) is 5. The number of nitrogens with one attached hydrogen (secondary N) is 1. The zero-order chi connectivity index (χ0) is 21.6. The first kappa shape index (κ1) is 24.3. The van der Waals surface area contributed by atoms with E-state index in [4.69, 9.17) is 9.26 Å².